The van der Waals surface area contributed by atoms with Crippen LogP contribution < -0.4 is 0 Å². The van der Waals surface area contributed by atoms with Gasteiger partial charge in [-0.05, 0) is 12.1 Å². The molecule has 0 unspecified atom stereocenters. The zero-order chi connectivity index (χ0) is 11.4. The Labute approximate surface area is 95.4 Å². The molecule has 6 heteroatoms. The van der Waals surface area contributed by atoms with Gasteiger partial charge in [0.05, 0.1) is 0 Å². The molecule has 0 spiro atoms. The molecule has 15 heavy (non-hydrogen) atoms. The van der Waals surface area contributed by atoms with Crippen LogP contribution in [0.1, 0.15) is 10.4 Å². The molecule has 1 rings (SSSR count). The molecular formula is C9H6Cl2O4. The molecule has 1 aromatic rings. The van der Waals surface area contributed by atoms with Gasteiger partial charge >= 0.3 is 11.9 Å². The Kier molecular flexibility index (Phi) is 3.94. The molecule has 0 aliphatic rings. The molecule has 1 aromatic carbocycles. The third kappa shape index (κ3) is 3.11. The first kappa shape index (κ1) is 11.8. The Bertz CT molecular complexity index is 389. The van der Waals surface area contributed by atoms with E-state index in [0.29, 0.717) is 0 Å². The van der Waals surface area contributed by atoms with Crippen molar-refractivity contribution in [1.29, 1.82) is 0 Å². The Hall–Kier alpha value is -1.26. The fraction of sp³-hybridized carbons (Fsp3) is 0.111. The molecule has 0 radical (unpaired) electrons. The number of carbonyl (C=O) groups is 2. The lowest BCUT2D eigenvalue weighted by molar-refractivity contribution is -0.135. The number of carbonyl (C=O) groups excluding carboxylic acids is 2. The minimum absolute atomic E-state index is 0.125. The van der Waals surface area contributed by atoms with Gasteiger partial charge in [-0.3, -0.25) is 0 Å². The zero-order valence-electron chi connectivity index (χ0n) is 7.31. The van der Waals surface area contributed by atoms with E-state index in [1.165, 1.54) is 24.3 Å². The number of benzene rings is 1. The smallest absolute Gasteiger partial charge is 0.349 e. The van der Waals surface area contributed by atoms with Crippen molar-refractivity contribution in [3.63, 3.8) is 0 Å². The summed E-state index contributed by atoms with van der Waals surface area (Å²) in [7, 11) is 0. The van der Waals surface area contributed by atoms with Crippen molar-refractivity contribution >= 4 is 35.1 Å². The highest BCUT2D eigenvalue weighted by Crippen LogP contribution is 2.17. The van der Waals surface area contributed by atoms with Gasteiger partial charge in [-0.2, -0.15) is 0 Å². The van der Waals surface area contributed by atoms with E-state index in [9.17, 15) is 14.7 Å². The van der Waals surface area contributed by atoms with Gasteiger partial charge in [-0.25, -0.2) is 9.59 Å². The number of hydrogen-bond donors (Lipinski definition) is 1. The summed E-state index contributed by atoms with van der Waals surface area (Å²) in [6.07, 6.45) is 0. The van der Waals surface area contributed by atoms with Crippen molar-refractivity contribution < 1.29 is 19.4 Å². The number of ether oxygens (including phenoxy) is 1. The largest absolute Gasteiger partial charge is 0.507 e. The molecule has 0 amide bonds. The minimum Gasteiger partial charge on any atom is -0.507 e. The van der Waals surface area contributed by atoms with Gasteiger partial charge in [0.15, 0.2) is 0 Å². The predicted molar refractivity (Wildman–Crippen MR) is 54.0 cm³/mol. The minimum atomic E-state index is -1.43. The lowest BCUT2D eigenvalue weighted by atomic mass is 10.2. The number of hydrogen-bond acceptors (Lipinski definition) is 4. The Morgan fingerprint density at radius 1 is 1.27 bits per heavy atom. The third-order valence-corrected chi connectivity index (χ3v) is 1.85. The molecule has 0 saturated heterocycles. The van der Waals surface area contributed by atoms with E-state index in [1.54, 1.807) is 0 Å². The molecule has 0 aliphatic heterocycles. The first-order chi connectivity index (χ1) is 7.02. The molecule has 0 fully saturated rings. The molecule has 80 valence electrons. The number of para-hydroxylation sites is 1. The fourth-order valence-electron chi connectivity index (χ4n) is 0.837. The summed E-state index contributed by atoms with van der Waals surface area (Å²) in [5.74, 6) is -2.35. The molecule has 0 bridgehead atoms. The van der Waals surface area contributed by atoms with Gasteiger partial charge in [0.2, 0.25) is 4.84 Å². The normalized spacial score (nSPS) is 10.1. The molecule has 0 aromatic heterocycles. The van der Waals surface area contributed by atoms with E-state index >= 15 is 0 Å². The predicted octanol–water partition coefficient (Wildman–Crippen LogP) is 1.88. The molecule has 0 heterocycles. The molecular weight excluding hydrogens is 243 g/mol. The molecule has 1 N–H and O–H groups in total. The Morgan fingerprint density at radius 2 is 1.87 bits per heavy atom. The Balaban J connectivity index is 2.79. The number of aromatic hydroxyl groups is 1. The van der Waals surface area contributed by atoms with Crippen molar-refractivity contribution in [1.82, 2.24) is 0 Å². The molecule has 0 aliphatic carbocycles. The molecule has 0 saturated carbocycles. The first-order valence-corrected chi connectivity index (χ1v) is 4.72. The number of esters is 2. The van der Waals surface area contributed by atoms with Gasteiger partial charge in [-0.15, -0.1) is 0 Å². The van der Waals surface area contributed by atoms with Crippen LogP contribution in [-0.2, 0) is 9.53 Å². The van der Waals surface area contributed by atoms with Gasteiger partial charge in [0.25, 0.3) is 0 Å². The summed E-state index contributed by atoms with van der Waals surface area (Å²) in [5, 5.41) is 9.25. The zero-order valence-corrected chi connectivity index (χ0v) is 8.83. The van der Waals surface area contributed by atoms with Crippen LogP contribution in [0.2, 0.25) is 0 Å². The SMILES string of the molecule is O=C(OC(=O)C(Cl)Cl)c1ccccc1O. The summed E-state index contributed by atoms with van der Waals surface area (Å²) < 4.78 is 4.28. The topological polar surface area (TPSA) is 63.6 Å². The van der Waals surface area contributed by atoms with Crippen LogP contribution in [0.4, 0.5) is 0 Å². The van der Waals surface area contributed by atoms with Gasteiger partial charge in [0, 0.05) is 0 Å². The lowest BCUT2D eigenvalue weighted by Crippen LogP contribution is -2.17. The summed E-state index contributed by atoms with van der Waals surface area (Å²) in [4.78, 5) is 20.7. The maximum Gasteiger partial charge on any atom is 0.349 e. The highest BCUT2D eigenvalue weighted by molar-refractivity contribution is 6.53. The number of phenolic OH excluding ortho intramolecular Hbond substituents is 1. The van der Waals surface area contributed by atoms with Crippen LogP contribution in [0.5, 0.6) is 5.75 Å². The van der Waals surface area contributed by atoms with Crippen LogP contribution in [0.25, 0.3) is 0 Å². The van der Waals surface area contributed by atoms with Crippen molar-refractivity contribution in [2.75, 3.05) is 0 Å². The highest BCUT2D eigenvalue weighted by atomic mass is 35.5. The summed E-state index contributed by atoms with van der Waals surface area (Å²) >= 11 is 10.4. The van der Waals surface area contributed by atoms with E-state index < -0.39 is 16.8 Å². The molecule has 0 atom stereocenters. The first-order valence-electron chi connectivity index (χ1n) is 3.84. The van der Waals surface area contributed by atoms with E-state index in [-0.39, 0.29) is 11.3 Å². The standard InChI is InChI=1S/C9H6Cl2O4/c10-7(11)9(14)15-8(13)5-3-1-2-4-6(5)12/h1-4,7,12H. The van der Waals surface area contributed by atoms with Crippen molar-refractivity contribution in [2.45, 2.75) is 4.84 Å². The maximum absolute atomic E-state index is 11.3. The van der Waals surface area contributed by atoms with Gasteiger partial charge < -0.3 is 9.84 Å². The quantitative estimate of drug-likeness (QED) is 0.493. The van der Waals surface area contributed by atoms with Crippen LogP contribution >= 0.6 is 23.2 Å². The lowest BCUT2D eigenvalue weighted by Gasteiger charge is -2.04. The summed E-state index contributed by atoms with van der Waals surface area (Å²) in [6.45, 7) is 0. The second kappa shape index (κ2) is 5.00. The van der Waals surface area contributed by atoms with Crippen molar-refractivity contribution in [3.05, 3.63) is 29.8 Å². The number of alkyl halides is 2. The van der Waals surface area contributed by atoms with Crippen LogP contribution in [0, 0.1) is 0 Å². The second-order valence-corrected chi connectivity index (χ2v) is 3.62. The van der Waals surface area contributed by atoms with Crippen molar-refractivity contribution in [3.8, 4) is 5.75 Å². The van der Waals surface area contributed by atoms with E-state index in [4.69, 9.17) is 23.2 Å². The summed E-state index contributed by atoms with van der Waals surface area (Å²) in [6, 6.07) is 5.64. The third-order valence-electron chi connectivity index (χ3n) is 1.50. The van der Waals surface area contributed by atoms with E-state index in [2.05, 4.69) is 4.74 Å². The highest BCUT2D eigenvalue weighted by Gasteiger charge is 2.20. The van der Waals surface area contributed by atoms with Crippen molar-refractivity contribution in [2.24, 2.45) is 0 Å². The van der Waals surface area contributed by atoms with E-state index in [1.807, 2.05) is 0 Å². The van der Waals surface area contributed by atoms with Crippen LogP contribution in [0.3, 0.4) is 0 Å². The molecule has 4 nitrogen and oxygen atoms in total. The van der Waals surface area contributed by atoms with Gasteiger partial charge in [-0.1, -0.05) is 35.3 Å². The maximum atomic E-state index is 11.3. The summed E-state index contributed by atoms with van der Waals surface area (Å²) in [5.41, 5.74) is -0.125. The monoisotopic (exact) mass is 248 g/mol. The average Bonchev–Trinajstić information content (AvgIpc) is 2.18. The number of rotatable bonds is 2. The number of halogens is 2. The van der Waals surface area contributed by atoms with Crippen LogP contribution in [0.15, 0.2) is 24.3 Å². The second-order valence-electron chi connectivity index (χ2n) is 2.53. The Morgan fingerprint density at radius 3 is 2.40 bits per heavy atom. The van der Waals surface area contributed by atoms with Gasteiger partial charge in [0.1, 0.15) is 11.3 Å². The average molecular weight is 249 g/mol. The fourth-order valence-corrected chi connectivity index (χ4v) is 0.926. The number of phenols is 1. The van der Waals surface area contributed by atoms with E-state index in [0.717, 1.165) is 0 Å². The van der Waals surface area contributed by atoms with Crippen LogP contribution in [-0.4, -0.2) is 21.9 Å².